The lowest BCUT2D eigenvalue weighted by Gasteiger charge is -2.24. The van der Waals surface area contributed by atoms with Crippen LogP contribution < -0.4 is 10.6 Å². The molecule has 0 saturated heterocycles. The SMILES string of the molecule is CN(CCNCCCNC(=O)OC(C)(C)C)C(=O)OC(C)(C)C. The van der Waals surface area contributed by atoms with E-state index in [1.54, 1.807) is 7.05 Å². The van der Waals surface area contributed by atoms with E-state index in [0.717, 1.165) is 13.0 Å². The molecule has 136 valence electrons. The highest BCUT2D eigenvalue weighted by atomic mass is 16.6. The van der Waals surface area contributed by atoms with Crippen molar-refractivity contribution in [1.29, 1.82) is 0 Å². The molecular formula is C16H33N3O4. The summed E-state index contributed by atoms with van der Waals surface area (Å²) >= 11 is 0. The van der Waals surface area contributed by atoms with Crippen molar-refractivity contribution >= 4 is 12.2 Å². The molecule has 0 fully saturated rings. The van der Waals surface area contributed by atoms with Crippen molar-refractivity contribution < 1.29 is 19.1 Å². The maximum Gasteiger partial charge on any atom is 0.410 e. The van der Waals surface area contributed by atoms with E-state index in [-0.39, 0.29) is 6.09 Å². The fourth-order valence-electron chi connectivity index (χ4n) is 1.52. The smallest absolute Gasteiger partial charge is 0.410 e. The van der Waals surface area contributed by atoms with Gasteiger partial charge in [-0.25, -0.2) is 9.59 Å². The first-order valence-corrected chi connectivity index (χ1v) is 8.02. The van der Waals surface area contributed by atoms with E-state index in [1.807, 2.05) is 41.5 Å². The van der Waals surface area contributed by atoms with Gasteiger partial charge in [-0.3, -0.25) is 0 Å². The van der Waals surface area contributed by atoms with Crippen molar-refractivity contribution in [1.82, 2.24) is 15.5 Å². The summed E-state index contributed by atoms with van der Waals surface area (Å²) in [5.41, 5.74) is -0.958. The Morgan fingerprint density at radius 3 is 2.00 bits per heavy atom. The van der Waals surface area contributed by atoms with Gasteiger partial charge in [0.05, 0.1) is 0 Å². The summed E-state index contributed by atoms with van der Waals surface area (Å²) in [4.78, 5) is 24.7. The van der Waals surface area contributed by atoms with Crippen molar-refractivity contribution in [3.05, 3.63) is 0 Å². The number of carbonyl (C=O) groups is 2. The monoisotopic (exact) mass is 331 g/mol. The number of rotatable bonds is 7. The molecular weight excluding hydrogens is 298 g/mol. The maximum absolute atomic E-state index is 11.7. The Hall–Kier alpha value is -1.50. The normalized spacial score (nSPS) is 11.8. The molecule has 0 rings (SSSR count). The number of alkyl carbamates (subject to hydrolysis) is 1. The lowest BCUT2D eigenvalue weighted by molar-refractivity contribution is 0.0300. The maximum atomic E-state index is 11.7. The summed E-state index contributed by atoms with van der Waals surface area (Å²) in [5.74, 6) is 0. The molecule has 0 bridgehead atoms. The van der Waals surface area contributed by atoms with Gasteiger partial charge in [0.2, 0.25) is 0 Å². The van der Waals surface area contributed by atoms with Crippen LogP contribution in [0.3, 0.4) is 0 Å². The first-order valence-electron chi connectivity index (χ1n) is 8.02. The molecule has 2 N–H and O–H groups in total. The summed E-state index contributed by atoms with van der Waals surface area (Å²) in [6, 6.07) is 0. The van der Waals surface area contributed by atoms with Gasteiger partial charge in [0.25, 0.3) is 0 Å². The predicted octanol–water partition coefficient (Wildman–Crippen LogP) is 2.36. The van der Waals surface area contributed by atoms with Crippen LogP contribution in [0, 0.1) is 0 Å². The van der Waals surface area contributed by atoms with Gasteiger partial charge in [0.15, 0.2) is 0 Å². The highest BCUT2D eigenvalue weighted by molar-refractivity contribution is 5.68. The number of nitrogens with one attached hydrogen (secondary N) is 2. The number of likely N-dealkylation sites (N-methyl/N-ethyl adjacent to an activating group) is 1. The molecule has 2 amide bonds. The van der Waals surface area contributed by atoms with E-state index in [0.29, 0.717) is 19.6 Å². The minimum absolute atomic E-state index is 0.328. The van der Waals surface area contributed by atoms with E-state index in [4.69, 9.17) is 9.47 Å². The van der Waals surface area contributed by atoms with Gasteiger partial charge in [-0.05, 0) is 54.5 Å². The minimum atomic E-state index is -0.480. The molecule has 0 aliphatic heterocycles. The van der Waals surface area contributed by atoms with Gasteiger partial charge in [0.1, 0.15) is 11.2 Å². The third kappa shape index (κ3) is 13.9. The molecule has 0 unspecified atom stereocenters. The van der Waals surface area contributed by atoms with E-state index < -0.39 is 17.3 Å². The first-order chi connectivity index (χ1) is 10.4. The van der Waals surface area contributed by atoms with E-state index >= 15 is 0 Å². The average Bonchev–Trinajstić information content (AvgIpc) is 2.33. The molecule has 0 saturated carbocycles. The largest absolute Gasteiger partial charge is 0.444 e. The summed E-state index contributed by atoms with van der Waals surface area (Å²) in [5, 5.41) is 5.91. The second-order valence-electron chi connectivity index (χ2n) is 7.43. The van der Waals surface area contributed by atoms with Crippen molar-refractivity contribution in [2.24, 2.45) is 0 Å². The first kappa shape index (κ1) is 21.5. The molecule has 0 aromatic heterocycles. The quantitative estimate of drug-likeness (QED) is 0.700. The fourth-order valence-corrected chi connectivity index (χ4v) is 1.52. The van der Waals surface area contributed by atoms with Crippen molar-refractivity contribution in [3.8, 4) is 0 Å². The van der Waals surface area contributed by atoms with Crippen LogP contribution in [0.15, 0.2) is 0 Å². The molecule has 0 atom stereocenters. The van der Waals surface area contributed by atoms with Gasteiger partial charge in [-0.2, -0.15) is 0 Å². The number of carbonyl (C=O) groups excluding carboxylic acids is 2. The number of hydrogen-bond donors (Lipinski definition) is 2. The second-order valence-corrected chi connectivity index (χ2v) is 7.43. The van der Waals surface area contributed by atoms with Crippen LogP contribution in [-0.2, 0) is 9.47 Å². The average molecular weight is 331 g/mol. The summed E-state index contributed by atoms with van der Waals surface area (Å²) < 4.78 is 10.4. The lowest BCUT2D eigenvalue weighted by atomic mass is 10.2. The highest BCUT2D eigenvalue weighted by Gasteiger charge is 2.19. The molecule has 0 spiro atoms. The Kier molecular flexibility index (Phi) is 8.97. The Balaban J connectivity index is 3.63. The molecule has 0 aromatic rings. The van der Waals surface area contributed by atoms with Gasteiger partial charge in [0, 0.05) is 26.7 Å². The second kappa shape index (κ2) is 9.60. The zero-order valence-corrected chi connectivity index (χ0v) is 15.6. The molecule has 0 heterocycles. The topological polar surface area (TPSA) is 79.9 Å². The van der Waals surface area contributed by atoms with Gasteiger partial charge >= 0.3 is 12.2 Å². The third-order valence-electron chi connectivity index (χ3n) is 2.53. The van der Waals surface area contributed by atoms with Crippen molar-refractivity contribution in [2.75, 3.05) is 33.2 Å². The van der Waals surface area contributed by atoms with Gasteiger partial charge in [-0.15, -0.1) is 0 Å². The standard InChI is InChI=1S/C16H33N3O4/c1-15(2,3)22-13(20)18-10-8-9-17-11-12-19(7)14(21)23-16(4,5)6/h17H,8-12H2,1-7H3,(H,18,20). The number of hydrogen-bond acceptors (Lipinski definition) is 5. The number of nitrogens with zero attached hydrogens (tertiary/aromatic N) is 1. The zero-order chi connectivity index (χ0) is 18.1. The molecule has 0 aliphatic carbocycles. The molecule has 0 aliphatic rings. The summed E-state index contributed by atoms with van der Waals surface area (Å²) in [6.07, 6.45) is 0.0584. The van der Waals surface area contributed by atoms with Crippen LogP contribution in [-0.4, -0.2) is 61.5 Å². The Morgan fingerprint density at radius 1 is 0.913 bits per heavy atom. The molecule has 0 radical (unpaired) electrons. The zero-order valence-electron chi connectivity index (χ0n) is 15.6. The Labute approximate surface area is 140 Å². The number of amides is 2. The molecule has 23 heavy (non-hydrogen) atoms. The summed E-state index contributed by atoms with van der Waals surface area (Å²) in [6.45, 7) is 13.5. The van der Waals surface area contributed by atoms with E-state index in [2.05, 4.69) is 10.6 Å². The predicted molar refractivity (Wildman–Crippen MR) is 90.6 cm³/mol. The van der Waals surface area contributed by atoms with Crippen molar-refractivity contribution in [3.63, 3.8) is 0 Å². The number of ether oxygens (including phenoxy) is 2. The molecule has 0 aromatic carbocycles. The van der Waals surface area contributed by atoms with E-state index in [1.165, 1.54) is 4.90 Å². The minimum Gasteiger partial charge on any atom is -0.444 e. The van der Waals surface area contributed by atoms with Crippen LogP contribution in [0.25, 0.3) is 0 Å². The molecule has 7 nitrogen and oxygen atoms in total. The van der Waals surface area contributed by atoms with Gasteiger partial charge < -0.3 is 25.0 Å². The molecule has 7 heteroatoms. The van der Waals surface area contributed by atoms with Crippen LogP contribution >= 0.6 is 0 Å². The van der Waals surface area contributed by atoms with Gasteiger partial charge in [-0.1, -0.05) is 0 Å². The Bertz CT molecular complexity index is 373. The fraction of sp³-hybridized carbons (Fsp3) is 0.875. The van der Waals surface area contributed by atoms with Crippen LogP contribution in [0.4, 0.5) is 9.59 Å². The highest BCUT2D eigenvalue weighted by Crippen LogP contribution is 2.08. The van der Waals surface area contributed by atoms with Crippen LogP contribution in [0.5, 0.6) is 0 Å². The third-order valence-corrected chi connectivity index (χ3v) is 2.53. The summed E-state index contributed by atoms with van der Waals surface area (Å²) in [7, 11) is 1.71. The Morgan fingerprint density at radius 2 is 1.48 bits per heavy atom. The van der Waals surface area contributed by atoms with Crippen LogP contribution in [0.2, 0.25) is 0 Å². The van der Waals surface area contributed by atoms with Crippen molar-refractivity contribution in [2.45, 2.75) is 59.2 Å². The van der Waals surface area contributed by atoms with Crippen LogP contribution in [0.1, 0.15) is 48.0 Å². The van der Waals surface area contributed by atoms with E-state index in [9.17, 15) is 9.59 Å². The lowest BCUT2D eigenvalue weighted by Crippen LogP contribution is -2.38.